The summed E-state index contributed by atoms with van der Waals surface area (Å²) >= 11 is 0. The highest BCUT2D eigenvalue weighted by Gasteiger charge is 2.39. The van der Waals surface area contributed by atoms with Gasteiger partial charge in [0.2, 0.25) is 0 Å². The van der Waals surface area contributed by atoms with Crippen LogP contribution in [0.1, 0.15) is 12.8 Å². The fraction of sp³-hybridized carbons (Fsp3) is 0.900. The molecule has 0 aromatic heterocycles. The number of carbonyl (C=O) groups is 1. The smallest absolute Gasteiger partial charge is 0.320 e. The van der Waals surface area contributed by atoms with Crippen LogP contribution in [-0.2, 0) is 14.3 Å². The maximum atomic E-state index is 10.9. The molecule has 0 aliphatic carbocycles. The number of hydrogen-bond donors (Lipinski definition) is 2. The van der Waals surface area contributed by atoms with Crippen molar-refractivity contribution in [1.82, 2.24) is 5.32 Å². The first-order valence-electron chi connectivity index (χ1n) is 5.07. The molecule has 1 aliphatic rings. The molecule has 1 rings (SSSR count). The van der Waals surface area contributed by atoms with Crippen molar-refractivity contribution in [3.05, 3.63) is 0 Å². The van der Waals surface area contributed by atoms with Crippen LogP contribution in [0.25, 0.3) is 0 Å². The molecule has 88 valence electrons. The van der Waals surface area contributed by atoms with Gasteiger partial charge in [-0.25, -0.2) is 0 Å². The lowest BCUT2D eigenvalue weighted by Crippen LogP contribution is -2.51. The molecule has 0 amide bonds. The van der Waals surface area contributed by atoms with Crippen molar-refractivity contribution in [2.75, 3.05) is 34.0 Å². The highest BCUT2D eigenvalue weighted by atomic mass is 16.5. The molecule has 5 nitrogen and oxygen atoms in total. The van der Waals surface area contributed by atoms with Crippen LogP contribution >= 0.6 is 0 Å². The number of nitrogens with one attached hydrogen (secondary N) is 1. The van der Waals surface area contributed by atoms with Gasteiger partial charge in [-0.05, 0) is 19.4 Å². The Bertz CT molecular complexity index is 208. The quantitative estimate of drug-likeness (QED) is 0.683. The van der Waals surface area contributed by atoms with Crippen molar-refractivity contribution in [3.8, 4) is 0 Å². The molecule has 2 N–H and O–H groups in total. The normalized spacial score (nSPS) is 25.1. The van der Waals surface area contributed by atoms with Crippen molar-refractivity contribution < 1.29 is 19.4 Å². The third-order valence-corrected chi connectivity index (χ3v) is 2.88. The van der Waals surface area contributed by atoms with E-state index in [1.807, 2.05) is 0 Å². The van der Waals surface area contributed by atoms with Crippen LogP contribution in [0.4, 0.5) is 0 Å². The summed E-state index contributed by atoms with van der Waals surface area (Å²) in [5, 5.41) is 11.9. The van der Waals surface area contributed by atoms with Crippen molar-refractivity contribution in [2.45, 2.75) is 18.9 Å². The molecule has 1 atom stereocenters. The molecule has 1 saturated heterocycles. The van der Waals surface area contributed by atoms with Crippen LogP contribution in [-0.4, -0.2) is 51.1 Å². The van der Waals surface area contributed by atoms with Gasteiger partial charge >= 0.3 is 5.97 Å². The van der Waals surface area contributed by atoms with Gasteiger partial charge in [0.05, 0.1) is 13.2 Å². The van der Waals surface area contributed by atoms with Gasteiger partial charge in [-0.15, -0.1) is 0 Å². The van der Waals surface area contributed by atoms with E-state index < -0.39 is 12.0 Å². The Balaban J connectivity index is 2.65. The summed E-state index contributed by atoms with van der Waals surface area (Å²) in [6.45, 7) is 1.79. The minimum atomic E-state index is -0.800. The van der Waals surface area contributed by atoms with Crippen molar-refractivity contribution in [3.63, 3.8) is 0 Å². The Labute approximate surface area is 89.8 Å². The molecule has 0 aromatic rings. The van der Waals surface area contributed by atoms with Gasteiger partial charge in [0.15, 0.2) is 0 Å². The first kappa shape index (κ1) is 12.4. The zero-order valence-corrected chi connectivity index (χ0v) is 9.28. The molecular weight excluding hydrogens is 198 g/mol. The van der Waals surface area contributed by atoms with Gasteiger partial charge in [-0.2, -0.15) is 0 Å². The molecular formula is C10H19NO4. The molecule has 15 heavy (non-hydrogen) atoms. The van der Waals surface area contributed by atoms with E-state index in [1.165, 1.54) is 0 Å². The monoisotopic (exact) mass is 217 g/mol. The van der Waals surface area contributed by atoms with E-state index in [1.54, 1.807) is 14.2 Å². The summed E-state index contributed by atoms with van der Waals surface area (Å²) in [6, 6.07) is -0.482. The highest BCUT2D eigenvalue weighted by Crippen LogP contribution is 2.32. The molecule has 0 saturated carbocycles. The van der Waals surface area contributed by atoms with E-state index in [4.69, 9.17) is 14.6 Å². The molecule has 0 bridgehead atoms. The number of carboxylic acid groups (broad SMARTS) is 1. The van der Waals surface area contributed by atoms with E-state index in [9.17, 15) is 4.79 Å². The van der Waals surface area contributed by atoms with Gasteiger partial charge in [-0.1, -0.05) is 0 Å². The Kier molecular flexibility index (Phi) is 4.50. The zero-order valence-electron chi connectivity index (χ0n) is 9.28. The first-order valence-corrected chi connectivity index (χ1v) is 5.07. The number of carboxylic acids is 1. The summed E-state index contributed by atoms with van der Waals surface area (Å²) in [5.74, 6) is -0.800. The third-order valence-electron chi connectivity index (χ3n) is 2.88. The number of methoxy groups -OCH3 is 2. The van der Waals surface area contributed by atoms with Gasteiger partial charge in [-0.3, -0.25) is 4.79 Å². The Morgan fingerprint density at radius 1 is 1.47 bits per heavy atom. The molecule has 1 heterocycles. The first-order chi connectivity index (χ1) is 7.13. The maximum absolute atomic E-state index is 10.9. The lowest BCUT2D eigenvalue weighted by molar-refractivity contribution is -0.142. The van der Waals surface area contributed by atoms with Crippen LogP contribution in [0.2, 0.25) is 0 Å². The molecule has 1 aliphatic heterocycles. The fourth-order valence-corrected chi connectivity index (χ4v) is 2.21. The zero-order chi connectivity index (χ0) is 11.3. The second kappa shape index (κ2) is 5.44. The van der Waals surface area contributed by atoms with E-state index in [0.717, 1.165) is 6.42 Å². The van der Waals surface area contributed by atoms with E-state index in [0.29, 0.717) is 26.2 Å². The van der Waals surface area contributed by atoms with Crippen LogP contribution in [0, 0.1) is 5.41 Å². The minimum Gasteiger partial charge on any atom is -0.480 e. The Hall–Kier alpha value is -0.650. The number of aliphatic carboxylic acids is 1. The topological polar surface area (TPSA) is 67.8 Å². The Morgan fingerprint density at radius 3 is 2.53 bits per heavy atom. The highest BCUT2D eigenvalue weighted by molar-refractivity contribution is 5.73. The lowest BCUT2D eigenvalue weighted by Gasteiger charge is -2.39. The van der Waals surface area contributed by atoms with Crippen LogP contribution in [0.3, 0.4) is 0 Å². The van der Waals surface area contributed by atoms with E-state index in [2.05, 4.69) is 5.32 Å². The summed E-state index contributed by atoms with van der Waals surface area (Å²) in [6.07, 6.45) is 1.45. The van der Waals surface area contributed by atoms with Crippen molar-refractivity contribution >= 4 is 5.97 Å². The molecule has 0 spiro atoms. The molecule has 1 fully saturated rings. The average Bonchev–Trinajstić information content (AvgIpc) is 2.18. The largest absolute Gasteiger partial charge is 0.480 e. The fourth-order valence-electron chi connectivity index (χ4n) is 2.21. The summed E-state index contributed by atoms with van der Waals surface area (Å²) in [5.41, 5.74) is -0.155. The van der Waals surface area contributed by atoms with Crippen molar-refractivity contribution in [1.29, 1.82) is 0 Å². The maximum Gasteiger partial charge on any atom is 0.320 e. The van der Waals surface area contributed by atoms with Crippen LogP contribution in [0.15, 0.2) is 0 Å². The molecule has 5 heteroatoms. The molecule has 1 unspecified atom stereocenters. The number of rotatable bonds is 5. The van der Waals surface area contributed by atoms with Crippen molar-refractivity contribution in [2.24, 2.45) is 5.41 Å². The van der Waals surface area contributed by atoms with E-state index in [-0.39, 0.29) is 5.41 Å². The SMILES string of the molecule is COCC1(COC)CCNC(C(=O)O)C1. The van der Waals surface area contributed by atoms with Crippen LogP contribution in [0.5, 0.6) is 0 Å². The van der Waals surface area contributed by atoms with Gasteiger partial charge in [0.25, 0.3) is 0 Å². The van der Waals surface area contributed by atoms with Gasteiger partial charge in [0, 0.05) is 19.6 Å². The van der Waals surface area contributed by atoms with Gasteiger partial charge < -0.3 is 19.9 Å². The lowest BCUT2D eigenvalue weighted by atomic mass is 9.77. The average molecular weight is 217 g/mol. The second-order valence-electron chi connectivity index (χ2n) is 4.17. The number of hydrogen-bond acceptors (Lipinski definition) is 4. The third kappa shape index (κ3) is 3.15. The number of ether oxygens (including phenoxy) is 2. The molecule has 0 radical (unpaired) electrons. The molecule has 0 aromatic carbocycles. The van der Waals surface area contributed by atoms with E-state index >= 15 is 0 Å². The summed E-state index contributed by atoms with van der Waals surface area (Å²) in [7, 11) is 3.27. The predicted octanol–water partition coefficient (Wildman–Crippen LogP) is 0.102. The second-order valence-corrected chi connectivity index (χ2v) is 4.17. The summed E-state index contributed by atoms with van der Waals surface area (Å²) < 4.78 is 10.3. The Morgan fingerprint density at radius 2 is 2.07 bits per heavy atom. The minimum absolute atomic E-state index is 0.155. The number of piperidine rings is 1. The summed E-state index contributed by atoms with van der Waals surface area (Å²) in [4.78, 5) is 10.9. The standard InChI is InChI=1S/C10H19NO4/c1-14-6-10(7-15-2)3-4-11-8(5-10)9(12)13/h8,11H,3-7H2,1-2H3,(H,12,13). The predicted molar refractivity (Wildman–Crippen MR) is 54.8 cm³/mol. The van der Waals surface area contributed by atoms with Gasteiger partial charge in [0.1, 0.15) is 6.04 Å². The van der Waals surface area contributed by atoms with Crippen LogP contribution < -0.4 is 5.32 Å².